The fraction of sp³-hybridized carbons (Fsp3) is 0.833. The van der Waals surface area contributed by atoms with Crippen LogP contribution in [0.1, 0.15) is 0 Å². The van der Waals surface area contributed by atoms with Crippen LogP contribution in [0.5, 0.6) is 0 Å². The Morgan fingerprint density at radius 1 is 1.91 bits per heavy atom. The number of aliphatic hydroxyl groups is 2. The normalized spacial score (nSPS) is 31.2. The summed E-state index contributed by atoms with van der Waals surface area (Å²) in [6.45, 7) is -0.392. The van der Waals surface area contributed by atoms with Gasteiger partial charge in [0.1, 0.15) is 6.10 Å². The summed E-state index contributed by atoms with van der Waals surface area (Å²) < 4.78 is 9.08. The molecule has 5 nitrogen and oxygen atoms in total. The fourth-order valence-electron chi connectivity index (χ4n) is 0.844. The summed E-state index contributed by atoms with van der Waals surface area (Å²) >= 11 is 0. The highest BCUT2D eigenvalue weighted by atomic mass is 16.7. The van der Waals surface area contributed by atoms with Crippen LogP contribution in [0.3, 0.4) is 0 Å². The molecule has 64 valence electrons. The standard InChI is InChI=1S/C6H10O5/c1-10-5(9)6(3-11-6)4(8)2-7/h4,7-8H,2-3H2,1H3/t4-,6+/m0/s1. The van der Waals surface area contributed by atoms with Crippen LogP contribution in [0.2, 0.25) is 0 Å². The van der Waals surface area contributed by atoms with Gasteiger partial charge in [-0.3, -0.25) is 0 Å². The number of ether oxygens (including phenoxy) is 2. The second kappa shape index (κ2) is 2.77. The van der Waals surface area contributed by atoms with Gasteiger partial charge in [-0.25, -0.2) is 4.79 Å². The molecule has 2 atom stereocenters. The van der Waals surface area contributed by atoms with Gasteiger partial charge < -0.3 is 19.7 Å². The first-order valence-electron chi connectivity index (χ1n) is 3.18. The maximum atomic E-state index is 10.9. The molecule has 0 spiro atoms. The Morgan fingerprint density at radius 3 is 2.73 bits per heavy atom. The number of methoxy groups -OCH3 is 1. The fourth-order valence-corrected chi connectivity index (χ4v) is 0.844. The molecule has 2 N–H and O–H groups in total. The Labute approximate surface area is 63.5 Å². The van der Waals surface area contributed by atoms with E-state index in [0.717, 1.165) is 0 Å². The van der Waals surface area contributed by atoms with Gasteiger partial charge >= 0.3 is 5.97 Å². The lowest BCUT2D eigenvalue weighted by Crippen LogP contribution is -2.41. The maximum Gasteiger partial charge on any atom is 0.343 e. The molecule has 0 aromatic rings. The van der Waals surface area contributed by atoms with E-state index in [9.17, 15) is 4.79 Å². The molecule has 0 aliphatic carbocycles. The minimum absolute atomic E-state index is 0.113. The van der Waals surface area contributed by atoms with Crippen molar-refractivity contribution in [2.45, 2.75) is 11.7 Å². The van der Waals surface area contributed by atoms with Crippen molar-refractivity contribution in [1.82, 2.24) is 0 Å². The van der Waals surface area contributed by atoms with E-state index < -0.39 is 24.3 Å². The van der Waals surface area contributed by atoms with Gasteiger partial charge in [0.25, 0.3) is 0 Å². The van der Waals surface area contributed by atoms with Gasteiger partial charge in [-0.2, -0.15) is 0 Å². The van der Waals surface area contributed by atoms with Crippen molar-refractivity contribution in [2.24, 2.45) is 0 Å². The van der Waals surface area contributed by atoms with Crippen molar-refractivity contribution in [1.29, 1.82) is 0 Å². The van der Waals surface area contributed by atoms with Gasteiger partial charge in [0.05, 0.1) is 20.3 Å². The van der Waals surface area contributed by atoms with Crippen molar-refractivity contribution in [3.8, 4) is 0 Å². The third kappa shape index (κ3) is 1.22. The summed E-state index contributed by atoms with van der Waals surface area (Å²) in [5, 5.41) is 17.6. The highest BCUT2D eigenvalue weighted by molar-refractivity contribution is 5.83. The predicted molar refractivity (Wildman–Crippen MR) is 33.8 cm³/mol. The first kappa shape index (κ1) is 8.45. The van der Waals surface area contributed by atoms with Gasteiger partial charge in [-0.05, 0) is 0 Å². The topological polar surface area (TPSA) is 79.3 Å². The van der Waals surface area contributed by atoms with Crippen molar-refractivity contribution in [3.63, 3.8) is 0 Å². The lowest BCUT2D eigenvalue weighted by molar-refractivity contribution is -0.152. The average molecular weight is 162 g/mol. The second-order valence-electron chi connectivity index (χ2n) is 2.37. The summed E-state index contributed by atoms with van der Waals surface area (Å²) in [5.41, 5.74) is -1.29. The van der Waals surface area contributed by atoms with E-state index in [-0.39, 0.29) is 6.61 Å². The largest absolute Gasteiger partial charge is 0.467 e. The monoisotopic (exact) mass is 162 g/mol. The van der Waals surface area contributed by atoms with Crippen molar-refractivity contribution in [2.75, 3.05) is 20.3 Å². The van der Waals surface area contributed by atoms with Crippen LogP contribution in [0.15, 0.2) is 0 Å². The Kier molecular flexibility index (Phi) is 2.12. The molecule has 1 rings (SSSR count). The summed E-state index contributed by atoms with van der Waals surface area (Å²) in [7, 11) is 1.20. The smallest absolute Gasteiger partial charge is 0.343 e. The number of carbonyl (C=O) groups excluding carboxylic acids is 1. The van der Waals surface area contributed by atoms with Gasteiger partial charge in [0, 0.05) is 0 Å². The Hall–Kier alpha value is -0.650. The van der Waals surface area contributed by atoms with Crippen molar-refractivity contribution < 1.29 is 24.5 Å². The molecular weight excluding hydrogens is 152 g/mol. The first-order chi connectivity index (χ1) is 5.17. The zero-order valence-corrected chi connectivity index (χ0v) is 6.11. The number of esters is 1. The number of aliphatic hydroxyl groups excluding tert-OH is 2. The molecule has 0 bridgehead atoms. The number of rotatable bonds is 3. The molecule has 0 aromatic carbocycles. The molecule has 1 aliphatic rings. The quantitative estimate of drug-likeness (QED) is 0.381. The number of carbonyl (C=O) groups is 1. The zero-order valence-electron chi connectivity index (χ0n) is 6.11. The molecule has 0 amide bonds. The molecule has 5 heteroatoms. The Bertz CT molecular complexity index is 162. The molecule has 0 aromatic heterocycles. The lowest BCUT2D eigenvalue weighted by atomic mass is 10.1. The molecule has 1 aliphatic heterocycles. The predicted octanol–water partition coefficient (Wildman–Crippen LogP) is -1.72. The Morgan fingerprint density at radius 2 is 2.45 bits per heavy atom. The average Bonchev–Trinajstić information content (AvgIpc) is 2.82. The summed E-state index contributed by atoms with van der Waals surface area (Å²) in [6, 6.07) is 0. The minimum atomic E-state index is -1.29. The zero-order chi connectivity index (χ0) is 8.48. The SMILES string of the molecule is COC(=O)[C@]1([C@@H](O)CO)CO1. The molecule has 11 heavy (non-hydrogen) atoms. The van der Waals surface area contributed by atoms with Crippen LogP contribution in [-0.2, 0) is 14.3 Å². The lowest BCUT2D eigenvalue weighted by Gasteiger charge is -2.13. The van der Waals surface area contributed by atoms with E-state index in [4.69, 9.17) is 14.9 Å². The van der Waals surface area contributed by atoms with Crippen LogP contribution in [0, 0.1) is 0 Å². The summed E-state index contributed by atoms with van der Waals surface area (Å²) in [6.07, 6.45) is -1.19. The number of hydrogen-bond donors (Lipinski definition) is 2. The Balaban J connectivity index is 2.59. The van der Waals surface area contributed by atoms with Crippen LogP contribution < -0.4 is 0 Å². The third-order valence-corrected chi connectivity index (χ3v) is 1.70. The van der Waals surface area contributed by atoms with Crippen LogP contribution in [0.25, 0.3) is 0 Å². The molecular formula is C6H10O5. The molecule has 1 fully saturated rings. The van der Waals surface area contributed by atoms with Gasteiger partial charge in [0.2, 0.25) is 5.60 Å². The van der Waals surface area contributed by atoms with Crippen LogP contribution in [-0.4, -0.2) is 48.2 Å². The third-order valence-electron chi connectivity index (χ3n) is 1.70. The van der Waals surface area contributed by atoms with Gasteiger partial charge in [-0.15, -0.1) is 0 Å². The van der Waals surface area contributed by atoms with Gasteiger partial charge in [-0.1, -0.05) is 0 Å². The maximum absolute atomic E-state index is 10.9. The van der Waals surface area contributed by atoms with E-state index in [1.807, 2.05) is 0 Å². The van der Waals surface area contributed by atoms with E-state index in [1.165, 1.54) is 7.11 Å². The molecule has 0 unspecified atom stereocenters. The molecule has 0 saturated carbocycles. The van der Waals surface area contributed by atoms with E-state index >= 15 is 0 Å². The highest BCUT2D eigenvalue weighted by Gasteiger charge is 2.59. The molecule has 1 heterocycles. The van der Waals surface area contributed by atoms with Crippen molar-refractivity contribution >= 4 is 5.97 Å². The number of epoxide rings is 1. The van der Waals surface area contributed by atoms with Crippen molar-refractivity contribution in [3.05, 3.63) is 0 Å². The highest BCUT2D eigenvalue weighted by Crippen LogP contribution is 2.32. The van der Waals surface area contributed by atoms with E-state index in [0.29, 0.717) is 0 Å². The van der Waals surface area contributed by atoms with E-state index in [1.54, 1.807) is 0 Å². The minimum Gasteiger partial charge on any atom is -0.467 e. The van der Waals surface area contributed by atoms with Crippen LogP contribution >= 0.6 is 0 Å². The summed E-state index contributed by atoms with van der Waals surface area (Å²) in [5.74, 6) is -0.640. The molecule has 1 saturated heterocycles. The van der Waals surface area contributed by atoms with Gasteiger partial charge in [0.15, 0.2) is 0 Å². The molecule has 0 radical (unpaired) electrons. The number of hydrogen-bond acceptors (Lipinski definition) is 5. The van der Waals surface area contributed by atoms with Crippen LogP contribution in [0.4, 0.5) is 0 Å². The summed E-state index contributed by atoms with van der Waals surface area (Å²) in [4.78, 5) is 10.9. The second-order valence-corrected chi connectivity index (χ2v) is 2.37. The first-order valence-corrected chi connectivity index (χ1v) is 3.18. The van der Waals surface area contributed by atoms with E-state index in [2.05, 4.69) is 4.74 Å².